The van der Waals surface area contributed by atoms with Crippen LogP contribution in [0.3, 0.4) is 0 Å². The van der Waals surface area contributed by atoms with Crippen LogP contribution in [0.25, 0.3) is 0 Å². The molecule has 0 radical (unpaired) electrons. The summed E-state index contributed by atoms with van der Waals surface area (Å²) in [5.41, 5.74) is 1.74. The van der Waals surface area contributed by atoms with Gasteiger partial charge in [-0.15, -0.1) is 0 Å². The molecule has 0 aromatic rings. The molecule has 136 valence electrons. The van der Waals surface area contributed by atoms with Crippen LogP contribution >= 0.6 is 0 Å². The van der Waals surface area contributed by atoms with Gasteiger partial charge in [-0.25, -0.2) is 0 Å². The van der Waals surface area contributed by atoms with Gasteiger partial charge in [0.15, 0.2) is 5.78 Å². The normalized spacial score (nSPS) is 45.4. The molecule has 0 saturated heterocycles. The molecule has 0 unspecified atom stereocenters. The SMILES string of the molecule is C[C@]12CC[C@H]3[C@@H](CCC4=CC(=O)C=C[C@@]43C)[C@@H]1CC[C@H]2CCC(=O)O. The van der Waals surface area contributed by atoms with Crippen LogP contribution < -0.4 is 0 Å². The molecule has 3 nitrogen and oxygen atoms in total. The van der Waals surface area contributed by atoms with E-state index < -0.39 is 5.97 Å². The zero-order chi connectivity index (χ0) is 17.8. The topological polar surface area (TPSA) is 54.4 Å². The predicted octanol–water partition coefficient (Wildman–Crippen LogP) is 4.78. The van der Waals surface area contributed by atoms with Crippen LogP contribution in [0.2, 0.25) is 0 Å². The maximum Gasteiger partial charge on any atom is 0.303 e. The lowest BCUT2D eigenvalue weighted by Crippen LogP contribution is -2.49. The molecule has 0 heterocycles. The Balaban J connectivity index is 1.58. The van der Waals surface area contributed by atoms with E-state index in [0.29, 0.717) is 23.7 Å². The first-order chi connectivity index (χ1) is 11.8. The van der Waals surface area contributed by atoms with Crippen LogP contribution in [-0.2, 0) is 9.59 Å². The Morgan fingerprint density at radius 3 is 2.76 bits per heavy atom. The van der Waals surface area contributed by atoms with Crippen LogP contribution in [0.5, 0.6) is 0 Å². The molecule has 0 aromatic heterocycles. The van der Waals surface area contributed by atoms with Crippen molar-refractivity contribution in [3.8, 4) is 0 Å². The first-order valence-electron chi connectivity index (χ1n) is 10.0. The van der Waals surface area contributed by atoms with Crippen LogP contribution in [0.15, 0.2) is 23.8 Å². The molecule has 3 saturated carbocycles. The standard InChI is InChI=1S/C22H30O3/c1-21-12-10-19-17(18(21)7-4-14(21)5-8-20(24)25)6-3-15-13-16(23)9-11-22(15,19)2/h9,11,13-14,17-19H,3-8,10,12H2,1-2H3,(H,24,25)/t14-,17-,18-,19-,21+,22-/m0/s1. The van der Waals surface area contributed by atoms with Crippen molar-refractivity contribution in [3.63, 3.8) is 0 Å². The molecule has 0 amide bonds. The Labute approximate surface area is 150 Å². The highest BCUT2D eigenvalue weighted by atomic mass is 16.4. The minimum Gasteiger partial charge on any atom is -0.481 e. The van der Waals surface area contributed by atoms with Crippen molar-refractivity contribution in [3.05, 3.63) is 23.8 Å². The van der Waals surface area contributed by atoms with E-state index in [4.69, 9.17) is 5.11 Å². The van der Waals surface area contributed by atoms with Crippen molar-refractivity contribution >= 4 is 11.8 Å². The molecular formula is C22H30O3. The van der Waals surface area contributed by atoms with Gasteiger partial charge in [0, 0.05) is 11.8 Å². The first kappa shape index (κ1) is 17.1. The molecule has 4 aliphatic rings. The molecule has 1 N–H and O–H groups in total. The number of hydrogen-bond donors (Lipinski definition) is 1. The number of carboxylic acids is 1. The molecule has 3 fully saturated rings. The summed E-state index contributed by atoms with van der Waals surface area (Å²) in [5.74, 6) is 2.18. The summed E-state index contributed by atoms with van der Waals surface area (Å²) in [7, 11) is 0. The summed E-state index contributed by atoms with van der Waals surface area (Å²) < 4.78 is 0. The number of ketones is 1. The van der Waals surface area contributed by atoms with Crippen molar-refractivity contribution in [2.75, 3.05) is 0 Å². The Bertz CT molecular complexity index is 660. The van der Waals surface area contributed by atoms with E-state index in [-0.39, 0.29) is 11.2 Å². The predicted molar refractivity (Wildman–Crippen MR) is 97.0 cm³/mol. The fourth-order valence-electron chi connectivity index (χ4n) is 7.08. The number of carbonyl (C=O) groups excluding carboxylic acids is 1. The number of fused-ring (bicyclic) bond motifs is 5. The number of allylic oxidation sites excluding steroid dienone is 4. The van der Waals surface area contributed by atoms with Crippen molar-refractivity contribution in [1.29, 1.82) is 0 Å². The second-order valence-corrected chi connectivity index (χ2v) is 9.35. The number of rotatable bonds is 3. The molecule has 25 heavy (non-hydrogen) atoms. The molecule has 3 heteroatoms. The van der Waals surface area contributed by atoms with Crippen LogP contribution in [0.4, 0.5) is 0 Å². The fraction of sp³-hybridized carbons (Fsp3) is 0.727. The van der Waals surface area contributed by atoms with E-state index in [0.717, 1.165) is 24.7 Å². The number of carboxylic acid groups (broad SMARTS) is 1. The van der Waals surface area contributed by atoms with Crippen LogP contribution in [-0.4, -0.2) is 16.9 Å². The van der Waals surface area contributed by atoms with Crippen LogP contribution in [0.1, 0.15) is 65.2 Å². The summed E-state index contributed by atoms with van der Waals surface area (Å²) in [5, 5.41) is 9.08. The van der Waals surface area contributed by atoms with Crippen molar-refractivity contribution in [2.24, 2.45) is 34.5 Å². The average molecular weight is 342 g/mol. The van der Waals surface area contributed by atoms with Gasteiger partial charge < -0.3 is 5.11 Å². The van der Waals surface area contributed by atoms with Crippen molar-refractivity contribution in [1.82, 2.24) is 0 Å². The van der Waals surface area contributed by atoms with E-state index >= 15 is 0 Å². The summed E-state index contributed by atoms with van der Waals surface area (Å²) in [6, 6.07) is 0. The van der Waals surface area contributed by atoms with Gasteiger partial charge in [0.1, 0.15) is 0 Å². The highest BCUT2D eigenvalue weighted by molar-refractivity contribution is 6.01. The molecule has 4 rings (SSSR count). The highest BCUT2D eigenvalue weighted by Gasteiger charge is 2.58. The van der Waals surface area contributed by atoms with Gasteiger partial charge in [0.2, 0.25) is 0 Å². The molecule has 0 aliphatic heterocycles. The van der Waals surface area contributed by atoms with Gasteiger partial charge in [-0.05, 0) is 86.2 Å². The van der Waals surface area contributed by atoms with Crippen LogP contribution in [0, 0.1) is 34.5 Å². The van der Waals surface area contributed by atoms with Gasteiger partial charge >= 0.3 is 5.97 Å². The minimum atomic E-state index is -0.655. The zero-order valence-corrected chi connectivity index (χ0v) is 15.5. The maximum absolute atomic E-state index is 11.8. The summed E-state index contributed by atoms with van der Waals surface area (Å²) in [6.45, 7) is 4.79. The Morgan fingerprint density at radius 1 is 1.20 bits per heavy atom. The van der Waals surface area contributed by atoms with Gasteiger partial charge in [-0.2, -0.15) is 0 Å². The molecule has 0 spiro atoms. The second-order valence-electron chi connectivity index (χ2n) is 9.35. The minimum absolute atomic E-state index is 0.0668. The molecule has 0 aromatic carbocycles. The van der Waals surface area contributed by atoms with Crippen molar-refractivity contribution < 1.29 is 14.7 Å². The molecule has 4 aliphatic carbocycles. The number of hydrogen-bond acceptors (Lipinski definition) is 2. The molecule has 6 atom stereocenters. The smallest absolute Gasteiger partial charge is 0.303 e. The average Bonchev–Trinajstić information content (AvgIpc) is 2.90. The Morgan fingerprint density at radius 2 is 2.00 bits per heavy atom. The quantitative estimate of drug-likeness (QED) is 0.803. The van der Waals surface area contributed by atoms with E-state index in [1.165, 1.54) is 37.7 Å². The third-order valence-electron chi connectivity index (χ3n) is 8.46. The maximum atomic E-state index is 11.8. The summed E-state index contributed by atoms with van der Waals surface area (Å²) in [6.07, 6.45) is 14.2. The van der Waals surface area contributed by atoms with Crippen molar-refractivity contribution in [2.45, 2.75) is 65.2 Å². The van der Waals surface area contributed by atoms with E-state index in [2.05, 4.69) is 19.9 Å². The van der Waals surface area contributed by atoms with E-state index in [1.807, 2.05) is 6.08 Å². The second kappa shape index (κ2) is 5.82. The van der Waals surface area contributed by atoms with E-state index in [1.54, 1.807) is 6.08 Å². The van der Waals surface area contributed by atoms with Gasteiger partial charge in [-0.1, -0.05) is 25.5 Å². The monoisotopic (exact) mass is 342 g/mol. The third-order valence-corrected chi connectivity index (χ3v) is 8.46. The highest BCUT2D eigenvalue weighted by Crippen LogP contribution is 2.66. The van der Waals surface area contributed by atoms with Gasteiger partial charge in [-0.3, -0.25) is 9.59 Å². The lowest BCUT2D eigenvalue weighted by molar-refractivity contribution is -0.137. The first-order valence-corrected chi connectivity index (χ1v) is 10.0. The largest absolute Gasteiger partial charge is 0.481 e. The third kappa shape index (κ3) is 2.53. The van der Waals surface area contributed by atoms with E-state index in [9.17, 15) is 9.59 Å². The number of aliphatic carboxylic acids is 1. The lowest BCUT2D eigenvalue weighted by atomic mass is 9.47. The lowest BCUT2D eigenvalue weighted by Gasteiger charge is -2.57. The number of carbonyl (C=O) groups is 2. The summed E-state index contributed by atoms with van der Waals surface area (Å²) >= 11 is 0. The van der Waals surface area contributed by atoms with Gasteiger partial charge in [0.25, 0.3) is 0 Å². The van der Waals surface area contributed by atoms with Gasteiger partial charge in [0.05, 0.1) is 0 Å². The fourth-order valence-corrected chi connectivity index (χ4v) is 7.08. The Hall–Kier alpha value is -1.38. The molecule has 0 bridgehead atoms. The molecular weight excluding hydrogens is 312 g/mol. The Kier molecular flexibility index (Phi) is 3.97. The zero-order valence-electron chi connectivity index (χ0n) is 15.5. The summed E-state index contributed by atoms with van der Waals surface area (Å²) in [4.78, 5) is 22.8.